The van der Waals surface area contributed by atoms with Gasteiger partial charge in [-0.2, -0.15) is 0 Å². The minimum atomic E-state index is 0.314. The molecule has 20 heavy (non-hydrogen) atoms. The summed E-state index contributed by atoms with van der Waals surface area (Å²) in [4.78, 5) is 5.06. The molecule has 1 aromatic carbocycles. The first kappa shape index (κ1) is 13.9. The van der Waals surface area contributed by atoms with E-state index in [1.165, 1.54) is 37.2 Å². The van der Waals surface area contributed by atoms with Gasteiger partial charge in [-0.05, 0) is 44.4 Å². The second-order valence-electron chi connectivity index (χ2n) is 6.65. The predicted octanol–water partition coefficient (Wildman–Crippen LogP) is 2.21. The molecule has 0 atom stereocenters. The molecule has 1 aliphatic heterocycles. The monoisotopic (exact) mass is 273 g/mol. The van der Waals surface area contributed by atoms with Crippen LogP contribution in [0.2, 0.25) is 0 Å². The average molecular weight is 273 g/mol. The lowest BCUT2D eigenvalue weighted by Gasteiger charge is -2.38. The lowest BCUT2D eigenvalue weighted by Crippen LogP contribution is -2.48. The normalized spacial score (nSPS) is 22.3. The summed E-state index contributed by atoms with van der Waals surface area (Å²) < 4.78 is 0. The van der Waals surface area contributed by atoms with Crippen molar-refractivity contribution in [2.45, 2.75) is 38.1 Å². The number of hydrogen-bond donors (Lipinski definition) is 1. The fourth-order valence-electron chi connectivity index (χ4n) is 3.28. The molecule has 2 fully saturated rings. The highest BCUT2D eigenvalue weighted by Crippen LogP contribution is 2.47. The van der Waals surface area contributed by atoms with Gasteiger partial charge in [0.1, 0.15) is 0 Å². The van der Waals surface area contributed by atoms with Crippen LogP contribution < -0.4 is 10.6 Å². The summed E-state index contributed by atoms with van der Waals surface area (Å²) in [5.41, 5.74) is 9.02. The lowest BCUT2D eigenvalue weighted by molar-refractivity contribution is 0.209. The van der Waals surface area contributed by atoms with Crippen LogP contribution in [0.5, 0.6) is 0 Å². The molecule has 1 aliphatic carbocycles. The van der Waals surface area contributed by atoms with Crippen molar-refractivity contribution in [2.24, 2.45) is 5.73 Å². The SMILES string of the molecule is CC(C)N1CCN(c2ccc(C3(CN)CC3)cc2)CC1. The topological polar surface area (TPSA) is 32.5 Å². The van der Waals surface area contributed by atoms with Crippen molar-refractivity contribution in [3.05, 3.63) is 29.8 Å². The fraction of sp³-hybridized carbons (Fsp3) is 0.647. The van der Waals surface area contributed by atoms with Gasteiger partial charge in [-0.1, -0.05) is 12.1 Å². The van der Waals surface area contributed by atoms with Crippen molar-refractivity contribution in [1.29, 1.82) is 0 Å². The number of nitrogens with zero attached hydrogens (tertiary/aromatic N) is 2. The Morgan fingerprint density at radius 1 is 1.05 bits per heavy atom. The van der Waals surface area contributed by atoms with E-state index in [0.29, 0.717) is 11.5 Å². The van der Waals surface area contributed by atoms with E-state index in [-0.39, 0.29) is 0 Å². The zero-order chi connectivity index (χ0) is 14.2. The zero-order valence-corrected chi connectivity index (χ0v) is 12.8. The van der Waals surface area contributed by atoms with Crippen LogP contribution in [0.3, 0.4) is 0 Å². The highest BCUT2D eigenvalue weighted by atomic mass is 15.3. The Morgan fingerprint density at radius 3 is 2.10 bits per heavy atom. The second-order valence-corrected chi connectivity index (χ2v) is 6.65. The van der Waals surface area contributed by atoms with E-state index in [1.54, 1.807) is 0 Å². The quantitative estimate of drug-likeness (QED) is 0.913. The van der Waals surface area contributed by atoms with Crippen LogP contribution in [0.15, 0.2) is 24.3 Å². The maximum Gasteiger partial charge on any atom is 0.0367 e. The number of hydrogen-bond acceptors (Lipinski definition) is 3. The number of piperazine rings is 1. The Bertz CT molecular complexity index is 440. The first-order valence-electron chi connectivity index (χ1n) is 7.94. The Balaban J connectivity index is 1.64. The predicted molar refractivity (Wildman–Crippen MR) is 85.3 cm³/mol. The minimum absolute atomic E-state index is 0.314. The van der Waals surface area contributed by atoms with Crippen molar-refractivity contribution >= 4 is 5.69 Å². The van der Waals surface area contributed by atoms with Crippen LogP contribution in [0, 0.1) is 0 Å². The summed E-state index contributed by atoms with van der Waals surface area (Å²) in [5.74, 6) is 0. The molecule has 3 heteroatoms. The van der Waals surface area contributed by atoms with Crippen molar-refractivity contribution in [1.82, 2.24) is 4.90 Å². The van der Waals surface area contributed by atoms with Crippen LogP contribution >= 0.6 is 0 Å². The Kier molecular flexibility index (Phi) is 3.74. The molecule has 1 saturated heterocycles. The average Bonchev–Trinajstić information content (AvgIpc) is 3.29. The maximum atomic E-state index is 5.91. The number of anilines is 1. The van der Waals surface area contributed by atoms with E-state index < -0.39 is 0 Å². The third kappa shape index (κ3) is 2.57. The molecule has 0 radical (unpaired) electrons. The van der Waals surface area contributed by atoms with Gasteiger partial charge in [0.05, 0.1) is 0 Å². The third-order valence-electron chi connectivity index (χ3n) is 5.13. The van der Waals surface area contributed by atoms with Crippen molar-refractivity contribution in [3.8, 4) is 0 Å². The molecule has 3 rings (SSSR count). The van der Waals surface area contributed by atoms with Crippen molar-refractivity contribution in [3.63, 3.8) is 0 Å². The third-order valence-corrected chi connectivity index (χ3v) is 5.13. The number of benzene rings is 1. The standard InChI is InChI=1S/C17H27N3/c1-14(2)19-9-11-20(12-10-19)16-5-3-15(4-6-16)17(13-18)7-8-17/h3-6,14H,7-13,18H2,1-2H3. The van der Waals surface area contributed by atoms with Gasteiger partial charge in [-0.25, -0.2) is 0 Å². The number of rotatable bonds is 4. The Morgan fingerprint density at radius 2 is 1.65 bits per heavy atom. The van der Waals surface area contributed by atoms with Gasteiger partial charge in [0.15, 0.2) is 0 Å². The summed E-state index contributed by atoms with van der Waals surface area (Å²) in [5, 5.41) is 0. The molecule has 3 nitrogen and oxygen atoms in total. The Hall–Kier alpha value is -1.06. The van der Waals surface area contributed by atoms with Gasteiger partial charge in [0.2, 0.25) is 0 Å². The molecule has 0 unspecified atom stereocenters. The van der Waals surface area contributed by atoms with Gasteiger partial charge in [0.25, 0.3) is 0 Å². The lowest BCUT2D eigenvalue weighted by atomic mass is 9.96. The Labute approximate surface area is 122 Å². The summed E-state index contributed by atoms with van der Waals surface area (Å²) in [6, 6.07) is 9.83. The molecule has 2 N–H and O–H groups in total. The zero-order valence-electron chi connectivity index (χ0n) is 12.8. The van der Waals surface area contributed by atoms with Gasteiger partial charge in [-0.3, -0.25) is 4.90 Å². The summed E-state index contributed by atoms with van der Waals surface area (Å²) in [6.45, 7) is 9.98. The first-order chi connectivity index (χ1) is 9.64. The van der Waals surface area contributed by atoms with Crippen LogP contribution in [0.4, 0.5) is 5.69 Å². The summed E-state index contributed by atoms with van der Waals surface area (Å²) >= 11 is 0. The van der Waals surface area contributed by atoms with Crippen LogP contribution in [-0.4, -0.2) is 43.7 Å². The van der Waals surface area contributed by atoms with Crippen molar-refractivity contribution < 1.29 is 0 Å². The smallest absolute Gasteiger partial charge is 0.0367 e. The first-order valence-corrected chi connectivity index (χ1v) is 7.94. The largest absolute Gasteiger partial charge is 0.369 e. The number of nitrogens with two attached hydrogens (primary N) is 1. The van der Waals surface area contributed by atoms with Crippen molar-refractivity contribution in [2.75, 3.05) is 37.6 Å². The molecule has 1 saturated carbocycles. The molecule has 0 spiro atoms. The van der Waals surface area contributed by atoms with E-state index in [0.717, 1.165) is 19.6 Å². The molecule has 1 aromatic rings. The van der Waals surface area contributed by atoms with Crippen LogP contribution in [-0.2, 0) is 5.41 Å². The molecular formula is C17H27N3. The van der Waals surface area contributed by atoms with E-state index in [2.05, 4.69) is 47.9 Å². The van der Waals surface area contributed by atoms with Crippen LogP contribution in [0.25, 0.3) is 0 Å². The van der Waals surface area contributed by atoms with Crippen LogP contribution in [0.1, 0.15) is 32.3 Å². The van der Waals surface area contributed by atoms with Gasteiger partial charge in [0, 0.05) is 49.9 Å². The maximum absolute atomic E-state index is 5.91. The summed E-state index contributed by atoms with van der Waals surface area (Å²) in [6.07, 6.45) is 2.52. The van der Waals surface area contributed by atoms with Gasteiger partial charge >= 0.3 is 0 Å². The highest BCUT2D eigenvalue weighted by Gasteiger charge is 2.42. The molecule has 0 bridgehead atoms. The van der Waals surface area contributed by atoms with E-state index in [9.17, 15) is 0 Å². The molecule has 2 aliphatic rings. The van der Waals surface area contributed by atoms with E-state index in [4.69, 9.17) is 5.73 Å². The molecule has 0 aromatic heterocycles. The van der Waals surface area contributed by atoms with E-state index >= 15 is 0 Å². The van der Waals surface area contributed by atoms with Gasteiger partial charge in [-0.15, -0.1) is 0 Å². The highest BCUT2D eigenvalue weighted by molar-refractivity contribution is 5.50. The molecule has 1 heterocycles. The molecular weight excluding hydrogens is 246 g/mol. The molecule has 110 valence electrons. The second kappa shape index (κ2) is 5.38. The molecule has 0 amide bonds. The summed E-state index contributed by atoms with van der Waals surface area (Å²) in [7, 11) is 0. The fourth-order valence-corrected chi connectivity index (χ4v) is 3.28. The van der Waals surface area contributed by atoms with E-state index in [1.807, 2.05) is 0 Å². The van der Waals surface area contributed by atoms with Gasteiger partial charge < -0.3 is 10.6 Å². The minimum Gasteiger partial charge on any atom is -0.369 e.